The zero-order valence-electron chi connectivity index (χ0n) is 13.7. The number of carbonyl (C=O) groups excluding carboxylic acids is 1. The largest absolute Gasteiger partial charge is 0.384 e. The molecule has 25 heavy (non-hydrogen) atoms. The normalized spacial score (nSPS) is 17.0. The van der Waals surface area contributed by atoms with Gasteiger partial charge in [0.15, 0.2) is 10.9 Å². The van der Waals surface area contributed by atoms with Crippen LogP contribution in [0.25, 0.3) is 0 Å². The Balaban J connectivity index is 1.57. The van der Waals surface area contributed by atoms with E-state index in [1.807, 2.05) is 0 Å². The van der Waals surface area contributed by atoms with Crippen LogP contribution in [0.2, 0.25) is 0 Å². The Morgan fingerprint density at radius 2 is 2.00 bits per heavy atom. The average molecular weight is 362 g/mol. The highest BCUT2D eigenvalue weighted by atomic mass is 32.2. The first-order valence-electron chi connectivity index (χ1n) is 8.17. The van der Waals surface area contributed by atoms with Gasteiger partial charge in [0.25, 0.3) is 5.56 Å². The van der Waals surface area contributed by atoms with E-state index in [-0.39, 0.29) is 17.1 Å². The minimum absolute atomic E-state index is 0.0149. The lowest BCUT2D eigenvalue weighted by Gasteiger charge is -2.09. The molecule has 4 rings (SSSR count). The van der Waals surface area contributed by atoms with Gasteiger partial charge in [-0.1, -0.05) is 11.8 Å². The molecule has 0 radical (unpaired) electrons. The topological polar surface area (TPSA) is 129 Å². The number of anilines is 1. The number of hydrogen-bond donors (Lipinski definition) is 2. The molecule has 2 aromatic heterocycles. The molecule has 3 N–H and O–H groups in total. The second kappa shape index (κ2) is 5.87. The Morgan fingerprint density at radius 1 is 1.28 bits per heavy atom. The number of aromatic amines is 1. The first-order chi connectivity index (χ1) is 12.0. The highest BCUT2D eigenvalue weighted by Gasteiger charge is 2.36. The van der Waals surface area contributed by atoms with Gasteiger partial charge in [0.1, 0.15) is 17.2 Å². The zero-order valence-corrected chi connectivity index (χ0v) is 14.5. The monoisotopic (exact) mass is 362 g/mol. The van der Waals surface area contributed by atoms with Gasteiger partial charge in [-0.2, -0.15) is 0 Å². The van der Waals surface area contributed by atoms with E-state index in [1.54, 1.807) is 0 Å². The van der Waals surface area contributed by atoms with Gasteiger partial charge in [-0.25, -0.2) is 4.79 Å². The number of thioether (sulfide) groups is 1. The number of H-pyrrole nitrogens is 1. The standard InChI is InChI=1S/C15H18N6O3S/c1-20-11(16)10(13(23)17-14(20)24)9(22)6-25-15-19-18-12(7-2-3-7)21(15)8-4-5-8/h7-8H,2-6,16H2,1H3,(H,17,23,24). The lowest BCUT2D eigenvalue weighted by Crippen LogP contribution is -2.35. The highest BCUT2D eigenvalue weighted by molar-refractivity contribution is 7.99. The Labute approximate surface area is 146 Å². The van der Waals surface area contributed by atoms with E-state index in [1.165, 1.54) is 18.8 Å². The van der Waals surface area contributed by atoms with Crippen molar-refractivity contribution in [3.8, 4) is 0 Å². The summed E-state index contributed by atoms with van der Waals surface area (Å²) in [5.41, 5.74) is 4.19. The van der Waals surface area contributed by atoms with Gasteiger partial charge in [-0.3, -0.25) is 19.1 Å². The van der Waals surface area contributed by atoms with E-state index in [0.29, 0.717) is 17.1 Å². The molecule has 0 unspecified atom stereocenters. The summed E-state index contributed by atoms with van der Waals surface area (Å²) in [6.07, 6.45) is 4.48. The lowest BCUT2D eigenvalue weighted by molar-refractivity contribution is 0.102. The van der Waals surface area contributed by atoms with Crippen molar-refractivity contribution in [2.24, 2.45) is 7.05 Å². The molecule has 10 heteroatoms. The molecule has 0 saturated heterocycles. The van der Waals surface area contributed by atoms with E-state index in [0.717, 1.165) is 36.1 Å². The molecule has 0 atom stereocenters. The first kappa shape index (κ1) is 16.1. The number of nitrogen functional groups attached to an aromatic ring is 1. The van der Waals surface area contributed by atoms with E-state index in [4.69, 9.17) is 5.73 Å². The van der Waals surface area contributed by atoms with Gasteiger partial charge in [0.2, 0.25) is 0 Å². The SMILES string of the molecule is Cn1c(N)c(C(=O)CSc2nnc(C3CC3)n2C2CC2)c(=O)[nH]c1=O. The molecule has 0 aliphatic heterocycles. The summed E-state index contributed by atoms with van der Waals surface area (Å²) >= 11 is 1.26. The minimum Gasteiger partial charge on any atom is -0.384 e. The third-order valence-corrected chi connectivity index (χ3v) is 5.47. The summed E-state index contributed by atoms with van der Waals surface area (Å²) in [6.45, 7) is 0. The average Bonchev–Trinajstić information content (AvgIpc) is 3.49. The maximum atomic E-state index is 12.5. The molecule has 2 saturated carbocycles. The van der Waals surface area contributed by atoms with Crippen molar-refractivity contribution >= 4 is 23.4 Å². The van der Waals surface area contributed by atoms with Crippen LogP contribution in [0.5, 0.6) is 0 Å². The predicted molar refractivity (Wildman–Crippen MR) is 92.0 cm³/mol. The van der Waals surface area contributed by atoms with E-state index >= 15 is 0 Å². The van der Waals surface area contributed by atoms with Gasteiger partial charge in [-0.05, 0) is 25.7 Å². The smallest absolute Gasteiger partial charge is 0.329 e. The van der Waals surface area contributed by atoms with Gasteiger partial charge in [-0.15, -0.1) is 10.2 Å². The van der Waals surface area contributed by atoms with Crippen molar-refractivity contribution in [1.29, 1.82) is 0 Å². The molecule has 2 aliphatic carbocycles. The number of rotatable bonds is 6. The molecular formula is C15H18N6O3S. The molecule has 0 aromatic carbocycles. The fraction of sp³-hybridized carbons (Fsp3) is 0.533. The zero-order chi connectivity index (χ0) is 17.7. The van der Waals surface area contributed by atoms with Crippen molar-refractivity contribution < 1.29 is 4.79 Å². The second-order valence-electron chi connectivity index (χ2n) is 6.51. The highest BCUT2D eigenvalue weighted by Crippen LogP contribution is 2.46. The number of Topliss-reactive ketones (excluding diaryl/α,β-unsaturated/α-hetero) is 1. The van der Waals surface area contributed by atoms with Gasteiger partial charge < -0.3 is 10.3 Å². The van der Waals surface area contributed by atoms with E-state index in [2.05, 4.69) is 19.7 Å². The summed E-state index contributed by atoms with van der Waals surface area (Å²) in [5, 5.41) is 9.23. The summed E-state index contributed by atoms with van der Waals surface area (Å²) in [6, 6.07) is 0.425. The number of nitrogens with zero attached hydrogens (tertiary/aromatic N) is 4. The van der Waals surface area contributed by atoms with Gasteiger partial charge >= 0.3 is 5.69 Å². The number of nitrogens with one attached hydrogen (secondary N) is 1. The van der Waals surface area contributed by atoms with Crippen LogP contribution in [0.4, 0.5) is 5.82 Å². The Kier molecular flexibility index (Phi) is 3.78. The molecule has 2 fully saturated rings. The number of aromatic nitrogens is 5. The van der Waals surface area contributed by atoms with Crippen LogP contribution in [0.1, 0.15) is 53.8 Å². The summed E-state index contributed by atoms with van der Waals surface area (Å²) in [7, 11) is 1.41. The number of carbonyl (C=O) groups is 1. The predicted octanol–water partition coefficient (Wildman–Crippen LogP) is 0.435. The number of ketones is 1. The van der Waals surface area contributed by atoms with Crippen LogP contribution >= 0.6 is 11.8 Å². The van der Waals surface area contributed by atoms with Crippen LogP contribution in [0.3, 0.4) is 0 Å². The van der Waals surface area contributed by atoms with Crippen LogP contribution < -0.4 is 17.0 Å². The molecule has 0 bridgehead atoms. The van der Waals surface area contributed by atoms with Crippen LogP contribution in [0.15, 0.2) is 14.7 Å². The Hall–Kier alpha value is -2.36. The van der Waals surface area contributed by atoms with Gasteiger partial charge in [0.05, 0.1) is 5.75 Å². The van der Waals surface area contributed by atoms with E-state index < -0.39 is 17.0 Å². The van der Waals surface area contributed by atoms with Crippen molar-refractivity contribution in [1.82, 2.24) is 24.3 Å². The van der Waals surface area contributed by atoms with Crippen LogP contribution in [-0.4, -0.2) is 35.9 Å². The number of nitrogens with two attached hydrogens (primary N) is 1. The minimum atomic E-state index is -0.756. The summed E-state index contributed by atoms with van der Waals surface area (Å²) < 4.78 is 3.20. The fourth-order valence-corrected chi connectivity index (χ4v) is 3.68. The molecule has 9 nitrogen and oxygen atoms in total. The third-order valence-electron chi connectivity index (χ3n) is 4.53. The molecule has 132 valence electrons. The Morgan fingerprint density at radius 3 is 2.64 bits per heavy atom. The summed E-state index contributed by atoms with van der Waals surface area (Å²) in [4.78, 5) is 38.0. The van der Waals surface area contributed by atoms with Crippen LogP contribution in [0, 0.1) is 0 Å². The maximum Gasteiger partial charge on any atom is 0.329 e. The van der Waals surface area contributed by atoms with Gasteiger partial charge in [0, 0.05) is 19.0 Å². The Bertz CT molecular complexity index is 967. The molecule has 2 aromatic rings. The molecule has 0 spiro atoms. The van der Waals surface area contributed by atoms with Crippen molar-refractivity contribution in [2.75, 3.05) is 11.5 Å². The summed E-state index contributed by atoms with van der Waals surface area (Å²) in [5.74, 6) is 0.956. The first-order valence-corrected chi connectivity index (χ1v) is 9.15. The molecular weight excluding hydrogens is 344 g/mol. The second-order valence-corrected chi connectivity index (χ2v) is 7.45. The maximum absolute atomic E-state index is 12.5. The van der Waals surface area contributed by atoms with E-state index in [9.17, 15) is 14.4 Å². The van der Waals surface area contributed by atoms with Crippen molar-refractivity contribution in [2.45, 2.75) is 42.8 Å². The van der Waals surface area contributed by atoms with Crippen molar-refractivity contribution in [3.63, 3.8) is 0 Å². The molecule has 2 aliphatic rings. The molecule has 2 heterocycles. The molecule has 0 amide bonds. The lowest BCUT2D eigenvalue weighted by atomic mass is 10.2. The third kappa shape index (κ3) is 2.90. The van der Waals surface area contributed by atoms with Crippen molar-refractivity contribution in [3.05, 3.63) is 32.2 Å². The fourth-order valence-electron chi connectivity index (χ4n) is 2.79. The quantitative estimate of drug-likeness (QED) is 0.563. The number of hydrogen-bond acceptors (Lipinski definition) is 7. The van der Waals surface area contributed by atoms with Crippen LogP contribution in [-0.2, 0) is 7.05 Å².